The maximum Gasteiger partial charge on any atom is 0.243 e. The molecule has 150 valence electrons. The zero-order valence-corrected chi connectivity index (χ0v) is 16.9. The number of rotatable bonds is 7. The molecule has 0 bridgehead atoms. The fourth-order valence-electron chi connectivity index (χ4n) is 3.68. The molecule has 0 spiro atoms. The lowest BCUT2D eigenvalue weighted by Crippen LogP contribution is -2.12. The van der Waals surface area contributed by atoms with Crippen LogP contribution in [0.15, 0.2) is 24.4 Å². The first-order valence-corrected chi connectivity index (χ1v) is 9.70. The molecule has 29 heavy (non-hydrogen) atoms. The van der Waals surface area contributed by atoms with E-state index in [0.29, 0.717) is 36.1 Å². The van der Waals surface area contributed by atoms with Gasteiger partial charge in [-0.15, -0.1) is 5.10 Å². The Bertz CT molecular complexity index is 1000. The molecule has 8 nitrogen and oxygen atoms in total. The number of benzene rings is 1. The van der Waals surface area contributed by atoms with Gasteiger partial charge >= 0.3 is 0 Å². The van der Waals surface area contributed by atoms with Crippen LogP contribution in [-0.2, 0) is 19.3 Å². The third-order valence-corrected chi connectivity index (χ3v) is 5.06. The highest BCUT2D eigenvalue weighted by molar-refractivity contribution is 5.74. The highest BCUT2D eigenvalue weighted by Gasteiger charge is 2.17. The van der Waals surface area contributed by atoms with E-state index in [4.69, 9.17) is 14.5 Å². The number of anilines is 1. The van der Waals surface area contributed by atoms with Crippen LogP contribution in [0, 0.1) is 6.92 Å². The number of nitrogens with one attached hydrogen (secondary N) is 1. The van der Waals surface area contributed by atoms with Crippen molar-refractivity contribution in [1.29, 1.82) is 0 Å². The van der Waals surface area contributed by atoms with E-state index < -0.39 is 0 Å². The minimum absolute atomic E-state index is 0.438. The van der Waals surface area contributed by atoms with E-state index in [1.54, 1.807) is 20.4 Å². The topological polar surface area (TPSA) is 94.9 Å². The predicted octanol–water partition coefficient (Wildman–Crippen LogP) is 2.80. The molecule has 1 aliphatic rings. The summed E-state index contributed by atoms with van der Waals surface area (Å²) in [6, 6.07) is 5.59. The second kappa shape index (κ2) is 8.38. The fourth-order valence-corrected chi connectivity index (χ4v) is 3.68. The van der Waals surface area contributed by atoms with Crippen molar-refractivity contribution in [2.75, 3.05) is 26.1 Å². The molecule has 0 aliphatic heterocycles. The molecular formula is C21H24N6O2. The highest BCUT2D eigenvalue weighted by Crippen LogP contribution is 2.36. The largest absolute Gasteiger partial charge is 0.496 e. The van der Waals surface area contributed by atoms with E-state index in [9.17, 15) is 0 Å². The van der Waals surface area contributed by atoms with E-state index in [2.05, 4.69) is 32.4 Å². The average Bonchev–Trinajstić information content (AvgIpc) is 3.22. The molecule has 1 aliphatic carbocycles. The van der Waals surface area contributed by atoms with Crippen LogP contribution < -0.4 is 14.8 Å². The molecule has 3 aromatic rings. The second-order valence-corrected chi connectivity index (χ2v) is 6.88. The summed E-state index contributed by atoms with van der Waals surface area (Å²) in [5.74, 6) is 2.62. The van der Waals surface area contributed by atoms with Gasteiger partial charge in [-0.2, -0.15) is 5.10 Å². The molecule has 0 fully saturated rings. The van der Waals surface area contributed by atoms with Crippen LogP contribution in [0.25, 0.3) is 11.3 Å². The quantitative estimate of drug-likeness (QED) is 0.656. The fraction of sp³-hybridized carbons (Fsp3) is 0.381. The molecule has 0 unspecified atom stereocenters. The normalized spacial score (nSPS) is 12.5. The molecule has 0 saturated heterocycles. The summed E-state index contributed by atoms with van der Waals surface area (Å²) in [7, 11) is 3.23. The lowest BCUT2D eigenvalue weighted by atomic mass is 10.1. The van der Waals surface area contributed by atoms with Gasteiger partial charge in [0.15, 0.2) is 0 Å². The molecule has 4 rings (SSSR count). The minimum atomic E-state index is 0.438. The van der Waals surface area contributed by atoms with Crippen LogP contribution >= 0.6 is 0 Å². The van der Waals surface area contributed by atoms with Crippen molar-refractivity contribution in [3.05, 3.63) is 47.2 Å². The first-order valence-electron chi connectivity index (χ1n) is 9.70. The Labute approximate surface area is 169 Å². The number of ether oxygens (including phenoxy) is 2. The lowest BCUT2D eigenvalue weighted by molar-refractivity contribution is 0.397. The Kier molecular flexibility index (Phi) is 5.50. The van der Waals surface area contributed by atoms with Gasteiger partial charge in [-0.25, -0.2) is 15.0 Å². The number of nitrogens with zero attached hydrogens (tertiary/aromatic N) is 5. The van der Waals surface area contributed by atoms with Gasteiger partial charge in [0.2, 0.25) is 5.95 Å². The molecule has 0 amide bonds. The van der Waals surface area contributed by atoms with Crippen molar-refractivity contribution in [2.24, 2.45) is 0 Å². The van der Waals surface area contributed by atoms with E-state index in [1.165, 1.54) is 17.7 Å². The Balaban J connectivity index is 1.49. The third-order valence-electron chi connectivity index (χ3n) is 5.06. The van der Waals surface area contributed by atoms with Crippen LogP contribution in [0.4, 0.5) is 5.95 Å². The van der Waals surface area contributed by atoms with Crippen LogP contribution in [0.1, 0.15) is 29.2 Å². The Morgan fingerprint density at radius 2 is 1.83 bits per heavy atom. The molecule has 1 aromatic carbocycles. The maximum absolute atomic E-state index is 5.46. The van der Waals surface area contributed by atoms with Crippen LogP contribution in [-0.4, -0.2) is 45.9 Å². The number of hydrogen-bond acceptors (Lipinski definition) is 8. The van der Waals surface area contributed by atoms with Gasteiger partial charge in [0.05, 0.1) is 26.0 Å². The van der Waals surface area contributed by atoms with Crippen molar-refractivity contribution >= 4 is 5.95 Å². The SMILES string of the molecule is COc1cccc(OC)c1-c1cnnc(NCCc2nc(C)c3c(n2)CCC3)n1. The molecule has 2 heterocycles. The van der Waals surface area contributed by atoms with E-state index in [1.807, 2.05) is 18.2 Å². The summed E-state index contributed by atoms with van der Waals surface area (Å²) >= 11 is 0. The van der Waals surface area contributed by atoms with Gasteiger partial charge in [-0.1, -0.05) is 6.07 Å². The summed E-state index contributed by atoms with van der Waals surface area (Å²) < 4.78 is 10.9. The van der Waals surface area contributed by atoms with Crippen LogP contribution in [0.3, 0.4) is 0 Å². The summed E-state index contributed by atoms with van der Waals surface area (Å²) in [6.07, 6.45) is 5.61. The summed E-state index contributed by atoms with van der Waals surface area (Å²) in [4.78, 5) is 13.9. The van der Waals surface area contributed by atoms with Crippen molar-refractivity contribution in [1.82, 2.24) is 25.1 Å². The van der Waals surface area contributed by atoms with Gasteiger partial charge in [-0.3, -0.25) is 0 Å². The molecule has 0 saturated carbocycles. The Hall–Kier alpha value is -3.29. The second-order valence-electron chi connectivity index (χ2n) is 6.88. The maximum atomic E-state index is 5.46. The number of aryl methyl sites for hydroxylation is 2. The zero-order valence-electron chi connectivity index (χ0n) is 16.9. The van der Waals surface area contributed by atoms with Crippen molar-refractivity contribution in [2.45, 2.75) is 32.6 Å². The van der Waals surface area contributed by atoms with Gasteiger partial charge in [-0.05, 0) is 43.9 Å². The Morgan fingerprint density at radius 1 is 1.03 bits per heavy atom. The number of methoxy groups -OCH3 is 2. The molecule has 8 heteroatoms. The van der Waals surface area contributed by atoms with E-state index in [-0.39, 0.29) is 0 Å². The van der Waals surface area contributed by atoms with Crippen molar-refractivity contribution in [3.63, 3.8) is 0 Å². The number of hydrogen-bond donors (Lipinski definition) is 1. The molecular weight excluding hydrogens is 368 g/mol. The lowest BCUT2D eigenvalue weighted by Gasteiger charge is -2.13. The summed E-state index contributed by atoms with van der Waals surface area (Å²) in [5, 5.41) is 11.4. The van der Waals surface area contributed by atoms with Gasteiger partial charge in [0.25, 0.3) is 0 Å². The first kappa shape index (κ1) is 19.0. The molecule has 2 aromatic heterocycles. The van der Waals surface area contributed by atoms with E-state index in [0.717, 1.165) is 29.9 Å². The van der Waals surface area contributed by atoms with E-state index >= 15 is 0 Å². The molecule has 0 radical (unpaired) electrons. The monoisotopic (exact) mass is 392 g/mol. The number of fused-ring (bicyclic) bond motifs is 1. The standard InChI is InChI=1S/C21H24N6O2/c1-13-14-6-4-7-15(14)25-19(24-13)10-11-22-21-26-16(12-23-27-21)20-17(28-2)8-5-9-18(20)29-3/h5,8-9,12H,4,6-7,10-11H2,1-3H3,(H,22,26,27). The molecule has 0 atom stereocenters. The average molecular weight is 392 g/mol. The summed E-state index contributed by atoms with van der Waals surface area (Å²) in [5.41, 5.74) is 5.00. The van der Waals surface area contributed by atoms with Crippen LogP contribution in [0.5, 0.6) is 11.5 Å². The van der Waals surface area contributed by atoms with Gasteiger partial charge in [0, 0.05) is 24.4 Å². The number of aromatic nitrogens is 5. The summed E-state index contributed by atoms with van der Waals surface area (Å²) in [6.45, 7) is 2.69. The van der Waals surface area contributed by atoms with Crippen molar-refractivity contribution < 1.29 is 9.47 Å². The van der Waals surface area contributed by atoms with Gasteiger partial charge in [0.1, 0.15) is 23.0 Å². The first-order chi connectivity index (χ1) is 14.2. The van der Waals surface area contributed by atoms with Gasteiger partial charge < -0.3 is 14.8 Å². The third kappa shape index (κ3) is 3.96. The predicted molar refractivity (Wildman–Crippen MR) is 109 cm³/mol. The smallest absolute Gasteiger partial charge is 0.243 e. The minimum Gasteiger partial charge on any atom is -0.496 e. The molecule has 1 N–H and O–H groups in total. The Morgan fingerprint density at radius 3 is 2.59 bits per heavy atom. The van der Waals surface area contributed by atoms with Crippen LogP contribution in [0.2, 0.25) is 0 Å². The van der Waals surface area contributed by atoms with Crippen molar-refractivity contribution in [3.8, 4) is 22.8 Å². The zero-order chi connectivity index (χ0) is 20.2. The highest BCUT2D eigenvalue weighted by atomic mass is 16.5.